The first-order chi connectivity index (χ1) is 9.43. The molecule has 0 aliphatic carbocycles. The summed E-state index contributed by atoms with van der Waals surface area (Å²) >= 11 is 0. The summed E-state index contributed by atoms with van der Waals surface area (Å²) in [5.41, 5.74) is 0.837. The molecule has 2 unspecified atom stereocenters. The van der Waals surface area contributed by atoms with Crippen LogP contribution >= 0.6 is 0 Å². The van der Waals surface area contributed by atoms with E-state index in [-0.39, 0.29) is 19.5 Å². The zero-order chi connectivity index (χ0) is 14.8. The molecule has 0 bridgehead atoms. The number of carbonyl (C=O) groups excluding carboxylic acids is 1. The van der Waals surface area contributed by atoms with E-state index in [1.165, 1.54) is 4.90 Å². The molecule has 1 aromatic rings. The van der Waals surface area contributed by atoms with Crippen LogP contribution in [-0.2, 0) is 11.3 Å². The molecule has 1 aliphatic rings. The predicted octanol–water partition coefficient (Wildman–Crippen LogP) is 2.73. The Labute approximate surface area is 113 Å². The van der Waals surface area contributed by atoms with Crippen LogP contribution in [0.1, 0.15) is 12.0 Å². The van der Waals surface area contributed by atoms with Gasteiger partial charge >= 0.3 is 6.18 Å². The molecule has 1 saturated heterocycles. The van der Waals surface area contributed by atoms with E-state index in [1.807, 2.05) is 6.07 Å². The Morgan fingerprint density at radius 1 is 1.30 bits per heavy atom. The first-order valence-corrected chi connectivity index (χ1v) is 6.15. The van der Waals surface area contributed by atoms with Crippen LogP contribution in [0.4, 0.5) is 13.2 Å². The molecular weight excluding hydrogens is 273 g/mol. The van der Waals surface area contributed by atoms with Crippen molar-refractivity contribution in [3.8, 4) is 0 Å². The Kier molecular flexibility index (Phi) is 4.06. The highest BCUT2D eigenvalue weighted by atomic mass is 19.4. The summed E-state index contributed by atoms with van der Waals surface area (Å²) in [5.74, 6) is -2.05. The van der Waals surface area contributed by atoms with Crippen molar-refractivity contribution in [1.29, 1.82) is 0 Å². The second kappa shape index (κ2) is 5.60. The molecule has 0 aromatic heterocycles. The molecule has 1 fully saturated rings. The number of rotatable bonds is 4. The summed E-state index contributed by atoms with van der Waals surface area (Å²) < 4.78 is 37.9. The van der Waals surface area contributed by atoms with E-state index in [9.17, 15) is 22.9 Å². The van der Waals surface area contributed by atoms with Gasteiger partial charge in [-0.2, -0.15) is 18.1 Å². The molecule has 0 radical (unpaired) electrons. The summed E-state index contributed by atoms with van der Waals surface area (Å²) in [6.07, 6.45) is -4.77. The minimum Gasteiger partial charge on any atom is -0.338 e. The van der Waals surface area contributed by atoms with Gasteiger partial charge in [-0.15, -0.1) is 0 Å². The standard InChI is InChI=1S/C13H13F3N2O2/c14-13(15,16)11(17-20)10-6-7-18(12(10)19)8-9-4-2-1-3-5-9/h1-5,10-11H,6-8H2. The molecule has 0 saturated carbocycles. The van der Waals surface area contributed by atoms with E-state index >= 15 is 0 Å². The third-order valence-corrected chi connectivity index (χ3v) is 3.39. The summed E-state index contributed by atoms with van der Waals surface area (Å²) in [5, 5.41) is 2.11. The molecule has 0 spiro atoms. The molecule has 1 heterocycles. The quantitative estimate of drug-likeness (QED) is 0.799. The van der Waals surface area contributed by atoms with E-state index in [4.69, 9.17) is 0 Å². The van der Waals surface area contributed by atoms with Gasteiger partial charge in [0.1, 0.15) is 0 Å². The number of alkyl halides is 3. The van der Waals surface area contributed by atoms with Gasteiger partial charge in [-0.3, -0.25) is 4.79 Å². The maximum absolute atomic E-state index is 12.6. The minimum atomic E-state index is -4.77. The van der Waals surface area contributed by atoms with Crippen LogP contribution < -0.4 is 0 Å². The Balaban J connectivity index is 2.08. The molecule has 2 atom stereocenters. The van der Waals surface area contributed by atoms with Gasteiger partial charge in [0.2, 0.25) is 5.91 Å². The lowest BCUT2D eigenvalue weighted by Crippen LogP contribution is -2.39. The van der Waals surface area contributed by atoms with Gasteiger partial charge in [-0.25, -0.2) is 0 Å². The normalized spacial score (nSPS) is 21.1. The van der Waals surface area contributed by atoms with Crippen molar-refractivity contribution in [2.75, 3.05) is 6.54 Å². The van der Waals surface area contributed by atoms with Gasteiger partial charge in [-0.05, 0) is 12.0 Å². The molecule has 4 nitrogen and oxygen atoms in total. The number of carbonyl (C=O) groups is 1. The molecule has 20 heavy (non-hydrogen) atoms. The van der Waals surface area contributed by atoms with Crippen molar-refractivity contribution in [2.45, 2.75) is 25.2 Å². The molecular formula is C13H13F3N2O2. The molecule has 1 amide bonds. The number of amides is 1. The second-order valence-electron chi connectivity index (χ2n) is 4.73. The zero-order valence-corrected chi connectivity index (χ0v) is 10.5. The van der Waals surface area contributed by atoms with Crippen molar-refractivity contribution in [3.63, 3.8) is 0 Å². The van der Waals surface area contributed by atoms with Crippen molar-refractivity contribution in [2.24, 2.45) is 11.1 Å². The molecule has 0 N–H and O–H groups in total. The average Bonchev–Trinajstić information content (AvgIpc) is 2.73. The lowest BCUT2D eigenvalue weighted by Gasteiger charge is -2.20. The van der Waals surface area contributed by atoms with Crippen LogP contribution in [0.15, 0.2) is 35.5 Å². The SMILES string of the molecule is O=NC(C1CCN(Cc2ccccc2)C1=O)C(F)(F)F. The minimum absolute atomic E-state index is 0.00157. The van der Waals surface area contributed by atoms with Crippen LogP contribution in [0.5, 0.6) is 0 Å². The monoisotopic (exact) mass is 286 g/mol. The molecule has 2 rings (SSSR count). The number of benzene rings is 1. The van der Waals surface area contributed by atoms with E-state index in [1.54, 1.807) is 24.3 Å². The van der Waals surface area contributed by atoms with Crippen LogP contribution in [0.3, 0.4) is 0 Å². The number of halogens is 3. The predicted molar refractivity (Wildman–Crippen MR) is 65.6 cm³/mol. The van der Waals surface area contributed by atoms with Gasteiger partial charge in [0.15, 0.2) is 6.04 Å². The molecule has 1 aliphatic heterocycles. The van der Waals surface area contributed by atoms with Crippen molar-refractivity contribution in [3.05, 3.63) is 40.8 Å². The topological polar surface area (TPSA) is 49.7 Å². The highest BCUT2D eigenvalue weighted by Crippen LogP contribution is 2.34. The molecule has 108 valence electrons. The van der Waals surface area contributed by atoms with E-state index < -0.39 is 24.0 Å². The fraction of sp³-hybridized carbons (Fsp3) is 0.462. The maximum atomic E-state index is 12.6. The molecule has 1 aromatic carbocycles. The third kappa shape index (κ3) is 2.97. The van der Waals surface area contributed by atoms with E-state index in [2.05, 4.69) is 5.18 Å². The largest absolute Gasteiger partial charge is 0.415 e. The number of nitroso groups, excluding NO2 is 1. The molecule has 7 heteroatoms. The lowest BCUT2D eigenvalue weighted by molar-refractivity contribution is -0.165. The van der Waals surface area contributed by atoms with Crippen LogP contribution in [0.25, 0.3) is 0 Å². The van der Waals surface area contributed by atoms with Crippen molar-refractivity contribution >= 4 is 5.91 Å². The summed E-state index contributed by atoms with van der Waals surface area (Å²) in [6, 6.07) is 6.53. The first kappa shape index (κ1) is 14.5. The summed E-state index contributed by atoms with van der Waals surface area (Å²) in [7, 11) is 0. The maximum Gasteiger partial charge on any atom is 0.415 e. The summed E-state index contributed by atoms with van der Waals surface area (Å²) in [4.78, 5) is 23.7. The highest BCUT2D eigenvalue weighted by molar-refractivity contribution is 5.81. The number of hydrogen-bond acceptors (Lipinski definition) is 3. The van der Waals surface area contributed by atoms with Gasteiger partial charge in [-0.1, -0.05) is 35.5 Å². The van der Waals surface area contributed by atoms with Crippen molar-refractivity contribution < 1.29 is 18.0 Å². The number of hydrogen-bond donors (Lipinski definition) is 0. The van der Waals surface area contributed by atoms with Crippen molar-refractivity contribution in [1.82, 2.24) is 4.90 Å². The zero-order valence-electron chi connectivity index (χ0n) is 10.5. The van der Waals surface area contributed by atoms with E-state index in [0.717, 1.165) is 5.56 Å². The number of nitrogens with zero attached hydrogens (tertiary/aromatic N) is 2. The Morgan fingerprint density at radius 2 is 1.95 bits per heavy atom. The first-order valence-electron chi connectivity index (χ1n) is 6.15. The Hall–Kier alpha value is -1.92. The third-order valence-electron chi connectivity index (χ3n) is 3.39. The van der Waals surface area contributed by atoms with Gasteiger partial charge in [0.05, 0.1) is 5.92 Å². The lowest BCUT2D eigenvalue weighted by atomic mass is 9.98. The fourth-order valence-corrected chi connectivity index (χ4v) is 2.38. The fourth-order valence-electron chi connectivity index (χ4n) is 2.38. The second-order valence-corrected chi connectivity index (χ2v) is 4.73. The smallest absolute Gasteiger partial charge is 0.338 e. The van der Waals surface area contributed by atoms with Crippen LogP contribution in [0, 0.1) is 10.8 Å². The van der Waals surface area contributed by atoms with Gasteiger partial charge in [0.25, 0.3) is 0 Å². The highest BCUT2D eigenvalue weighted by Gasteiger charge is 2.52. The number of likely N-dealkylation sites (tertiary alicyclic amines) is 1. The van der Waals surface area contributed by atoms with E-state index in [0.29, 0.717) is 0 Å². The summed E-state index contributed by atoms with van der Waals surface area (Å²) in [6.45, 7) is 0.458. The van der Waals surface area contributed by atoms with Gasteiger partial charge in [0, 0.05) is 13.1 Å². The average molecular weight is 286 g/mol. The van der Waals surface area contributed by atoms with Crippen LogP contribution in [-0.4, -0.2) is 29.6 Å². The Morgan fingerprint density at radius 3 is 2.50 bits per heavy atom. The Bertz CT molecular complexity index is 490. The van der Waals surface area contributed by atoms with Crippen LogP contribution in [0.2, 0.25) is 0 Å². The van der Waals surface area contributed by atoms with Gasteiger partial charge < -0.3 is 4.90 Å².